The normalized spacial score (nSPS) is 16.2. The first-order chi connectivity index (χ1) is 15.0. The van der Waals surface area contributed by atoms with Crippen LogP contribution in [-0.4, -0.2) is 77.3 Å². The molecule has 0 aliphatic carbocycles. The van der Waals surface area contributed by atoms with E-state index in [9.17, 15) is 4.79 Å². The molecule has 1 aromatic heterocycles. The molecule has 0 spiro atoms. The maximum absolute atomic E-state index is 12.7. The topological polar surface area (TPSA) is 69.0 Å². The van der Waals surface area contributed by atoms with Crippen molar-refractivity contribution in [3.63, 3.8) is 0 Å². The van der Waals surface area contributed by atoms with E-state index in [0.717, 1.165) is 44.2 Å². The summed E-state index contributed by atoms with van der Waals surface area (Å²) in [7, 11) is 4.02. The lowest BCUT2D eigenvalue weighted by Gasteiger charge is -2.35. The minimum atomic E-state index is 0.0702. The Kier molecular flexibility index (Phi) is 8.06. The van der Waals surface area contributed by atoms with Gasteiger partial charge in [0.15, 0.2) is 5.96 Å². The zero-order valence-corrected chi connectivity index (χ0v) is 19.2. The van der Waals surface area contributed by atoms with Crippen molar-refractivity contribution in [3.8, 4) is 0 Å². The lowest BCUT2D eigenvalue weighted by Crippen LogP contribution is -2.55. The molecule has 8 heteroatoms. The second kappa shape index (κ2) is 10.9. The van der Waals surface area contributed by atoms with Crippen LogP contribution in [0.1, 0.15) is 25.8 Å². The zero-order chi connectivity index (χ0) is 22.2. The van der Waals surface area contributed by atoms with Crippen molar-refractivity contribution in [1.82, 2.24) is 24.9 Å². The van der Waals surface area contributed by atoms with Gasteiger partial charge >= 0.3 is 0 Å². The van der Waals surface area contributed by atoms with Gasteiger partial charge < -0.3 is 15.1 Å². The Morgan fingerprint density at radius 3 is 2.71 bits per heavy atom. The fourth-order valence-corrected chi connectivity index (χ4v) is 3.71. The number of aromatic nitrogens is 2. The van der Waals surface area contributed by atoms with Gasteiger partial charge in [0, 0.05) is 52.0 Å². The number of aryl methyl sites for hydroxylation is 1. The number of hydrogen-bond acceptors (Lipinski definition) is 4. The number of aliphatic imine (C=N–C) groups is 1. The molecule has 1 unspecified atom stereocenters. The Labute approximate surface area is 185 Å². The van der Waals surface area contributed by atoms with Gasteiger partial charge in [-0.3, -0.25) is 19.4 Å². The summed E-state index contributed by atoms with van der Waals surface area (Å²) in [6.45, 7) is 8.42. The second-order valence-electron chi connectivity index (χ2n) is 8.11. The Morgan fingerprint density at radius 1 is 1.29 bits per heavy atom. The standard InChI is InChI=1S/C23H35N7O/c1-5-24-23(25-12-11-19(2)27(3)16-20-9-7-6-8-10-20)29-13-14-30(22(31)18-29)21-15-26-28(4)17-21/h6-10,15,17,19H,5,11-14,16,18H2,1-4H3,(H,24,25). The van der Waals surface area contributed by atoms with Crippen molar-refractivity contribution in [3.05, 3.63) is 48.3 Å². The molecule has 1 aromatic carbocycles. The lowest BCUT2D eigenvalue weighted by molar-refractivity contribution is -0.120. The van der Waals surface area contributed by atoms with E-state index >= 15 is 0 Å². The molecule has 0 radical (unpaired) electrons. The molecule has 2 aromatic rings. The van der Waals surface area contributed by atoms with Crippen LogP contribution in [0.15, 0.2) is 47.7 Å². The molecule has 0 bridgehead atoms. The SMILES string of the molecule is CCNC(=NCCC(C)N(C)Cc1ccccc1)N1CCN(c2cnn(C)c2)C(=O)C1. The van der Waals surface area contributed by atoms with Crippen molar-refractivity contribution in [2.45, 2.75) is 32.9 Å². The van der Waals surface area contributed by atoms with E-state index in [0.29, 0.717) is 19.1 Å². The van der Waals surface area contributed by atoms with Crippen molar-refractivity contribution < 1.29 is 4.79 Å². The minimum Gasteiger partial charge on any atom is -0.357 e. The summed E-state index contributed by atoms with van der Waals surface area (Å²) in [6.07, 6.45) is 4.57. The maximum Gasteiger partial charge on any atom is 0.246 e. The van der Waals surface area contributed by atoms with Gasteiger partial charge in [-0.25, -0.2) is 0 Å². The highest BCUT2D eigenvalue weighted by Gasteiger charge is 2.27. The number of guanidine groups is 1. The molecule has 1 amide bonds. The van der Waals surface area contributed by atoms with Crippen molar-refractivity contribution in [2.24, 2.45) is 12.0 Å². The molecule has 8 nitrogen and oxygen atoms in total. The van der Waals surface area contributed by atoms with Gasteiger partial charge in [-0.15, -0.1) is 0 Å². The summed E-state index contributed by atoms with van der Waals surface area (Å²) in [4.78, 5) is 23.8. The minimum absolute atomic E-state index is 0.0702. The summed E-state index contributed by atoms with van der Waals surface area (Å²) >= 11 is 0. The molecule has 0 saturated carbocycles. The van der Waals surface area contributed by atoms with Crippen molar-refractivity contribution in [2.75, 3.05) is 44.7 Å². The van der Waals surface area contributed by atoms with E-state index in [2.05, 4.69) is 65.4 Å². The third kappa shape index (κ3) is 6.30. The molecule has 31 heavy (non-hydrogen) atoms. The van der Waals surface area contributed by atoms with E-state index in [-0.39, 0.29) is 5.91 Å². The van der Waals surface area contributed by atoms with Gasteiger partial charge in [0.25, 0.3) is 0 Å². The van der Waals surface area contributed by atoms with Crippen molar-refractivity contribution in [1.29, 1.82) is 0 Å². The first-order valence-corrected chi connectivity index (χ1v) is 11.0. The summed E-state index contributed by atoms with van der Waals surface area (Å²) in [6, 6.07) is 10.9. The van der Waals surface area contributed by atoms with Crippen LogP contribution < -0.4 is 10.2 Å². The number of nitrogens with one attached hydrogen (secondary N) is 1. The van der Waals surface area contributed by atoms with E-state index in [1.807, 2.05) is 19.3 Å². The molecule has 1 fully saturated rings. The molecule has 1 atom stereocenters. The predicted octanol–water partition coefficient (Wildman–Crippen LogP) is 1.94. The average Bonchev–Trinajstić information content (AvgIpc) is 3.19. The lowest BCUT2D eigenvalue weighted by atomic mass is 10.1. The fourth-order valence-electron chi connectivity index (χ4n) is 3.71. The largest absolute Gasteiger partial charge is 0.357 e. The summed E-state index contributed by atoms with van der Waals surface area (Å²) in [5.41, 5.74) is 2.17. The quantitative estimate of drug-likeness (QED) is 0.517. The van der Waals surface area contributed by atoms with Crippen LogP contribution in [0.5, 0.6) is 0 Å². The molecular weight excluding hydrogens is 390 g/mol. The number of anilines is 1. The maximum atomic E-state index is 12.7. The van der Waals surface area contributed by atoms with Gasteiger partial charge in [0.1, 0.15) is 6.54 Å². The number of hydrogen-bond donors (Lipinski definition) is 1. The van der Waals surface area contributed by atoms with Crippen molar-refractivity contribution >= 4 is 17.6 Å². The van der Waals surface area contributed by atoms with Gasteiger partial charge in [-0.2, -0.15) is 5.10 Å². The van der Waals surface area contributed by atoms with E-state index in [4.69, 9.17) is 4.99 Å². The summed E-state index contributed by atoms with van der Waals surface area (Å²) in [5.74, 6) is 0.889. The average molecular weight is 426 g/mol. The molecule has 1 aliphatic heterocycles. The van der Waals surface area contributed by atoms with Crippen LogP contribution in [0.4, 0.5) is 5.69 Å². The van der Waals surface area contributed by atoms with Gasteiger partial charge in [-0.1, -0.05) is 30.3 Å². The number of piperazine rings is 1. The van der Waals surface area contributed by atoms with Crippen LogP contribution >= 0.6 is 0 Å². The van der Waals surface area contributed by atoms with Crippen LogP contribution in [0.25, 0.3) is 0 Å². The molecule has 1 saturated heterocycles. The number of benzene rings is 1. The number of rotatable bonds is 8. The highest BCUT2D eigenvalue weighted by molar-refractivity contribution is 5.98. The summed E-state index contributed by atoms with van der Waals surface area (Å²) < 4.78 is 1.72. The molecule has 2 heterocycles. The molecule has 1 aliphatic rings. The zero-order valence-electron chi connectivity index (χ0n) is 19.2. The second-order valence-corrected chi connectivity index (χ2v) is 8.11. The molecule has 3 rings (SSSR count). The smallest absolute Gasteiger partial charge is 0.246 e. The highest BCUT2D eigenvalue weighted by Crippen LogP contribution is 2.16. The Hall–Kier alpha value is -2.87. The van der Waals surface area contributed by atoms with Gasteiger partial charge in [0.2, 0.25) is 5.91 Å². The van der Waals surface area contributed by atoms with E-state index in [1.54, 1.807) is 15.8 Å². The van der Waals surface area contributed by atoms with E-state index < -0.39 is 0 Å². The predicted molar refractivity (Wildman–Crippen MR) is 125 cm³/mol. The van der Waals surface area contributed by atoms with Crippen LogP contribution in [0.3, 0.4) is 0 Å². The summed E-state index contributed by atoms with van der Waals surface area (Å²) in [5, 5.41) is 7.53. The van der Waals surface area contributed by atoms with Gasteiger partial charge in [0.05, 0.1) is 11.9 Å². The third-order valence-corrected chi connectivity index (χ3v) is 5.69. The molecular formula is C23H35N7O. The highest BCUT2D eigenvalue weighted by atomic mass is 16.2. The molecule has 1 N–H and O–H groups in total. The monoisotopic (exact) mass is 425 g/mol. The van der Waals surface area contributed by atoms with Gasteiger partial charge in [-0.05, 0) is 32.9 Å². The fraction of sp³-hybridized carbons (Fsp3) is 0.522. The van der Waals surface area contributed by atoms with Crippen LogP contribution in [0, 0.1) is 0 Å². The van der Waals surface area contributed by atoms with Crippen LogP contribution in [-0.2, 0) is 18.4 Å². The Bertz CT molecular complexity index is 864. The van der Waals surface area contributed by atoms with Crippen LogP contribution in [0.2, 0.25) is 0 Å². The van der Waals surface area contributed by atoms with E-state index in [1.165, 1.54) is 5.56 Å². The number of carbonyl (C=O) groups excluding carboxylic acids is 1. The first-order valence-electron chi connectivity index (χ1n) is 11.0. The Morgan fingerprint density at radius 2 is 2.06 bits per heavy atom. The molecule has 168 valence electrons. The Balaban J connectivity index is 1.53. The number of nitrogens with zero attached hydrogens (tertiary/aromatic N) is 6. The number of carbonyl (C=O) groups is 1. The number of amides is 1. The third-order valence-electron chi connectivity index (χ3n) is 5.69. The first kappa shape index (κ1) is 22.8.